The fourth-order valence-electron chi connectivity index (χ4n) is 2.34. The first-order valence-electron chi connectivity index (χ1n) is 6.33. The molecule has 4 heteroatoms. The van der Waals surface area contributed by atoms with E-state index in [1.54, 1.807) is 17.8 Å². The predicted octanol–water partition coefficient (Wildman–Crippen LogP) is 4.23. The number of thioether (sulfide) groups is 1. The molecular formula is C16H13ClO2S. The van der Waals surface area contributed by atoms with E-state index in [0.29, 0.717) is 28.5 Å². The van der Waals surface area contributed by atoms with Crippen molar-refractivity contribution >= 4 is 29.1 Å². The maximum Gasteiger partial charge on any atom is 0.196 e. The molecule has 0 amide bonds. The summed E-state index contributed by atoms with van der Waals surface area (Å²) in [6, 6.07) is 11.1. The Morgan fingerprint density at radius 3 is 2.70 bits per heavy atom. The summed E-state index contributed by atoms with van der Waals surface area (Å²) < 4.78 is 5.59. The van der Waals surface area contributed by atoms with E-state index in [4.69, 9.17) is 16.3 Å². The molecule has 0 atom stereocenters. The Hall–Kier alpha value is -1.45. The van der Waals surface area contributed by atoms with Crippen molar-refractivity contribution in [1.82, 2.24) is 0 Å². The number of ketones is 1. The van der Waals surface area contributed by atoms with E-state index >= 15 is 0 Å². The van der Waals surface area contributed by atoms with Gasteiger partial charge in [-0.25, -0.2) is 0 Å². The van der Waals surface area contributed by atoms with Gasteiger partial charge in [0.15, 0.2) is 5.78 Å². The first-order chi connectivity index (χ1) is 9.69. The second-order valence-electron chi connectivity index (χ2n) is 4.60. The van der Waals surface area contributed by atoms with E-state index in [9.17, 15) is 4.79 Å². The lowest BCUT2D eigenvalue weighted by Gasteiger charge is -2.08. The van der Waals surface area contributed by atoms with Crippen LogP contribution in [0.15, 0.2) is 41.3 Å². The first kappa shape index (κ1) is 13.5. The molecule has 1 aliphatic heterocycles. The molecule has 0 unspecified atom stereocenters. The summed E-state index contributed by atoms with van der Waals surface area (Å²) in [6.45, 7) is 0.612. The van der Waals surface area contributed by atoms with Gasteiger partial charge in [-0.05, 0) is 48.2 Å². The molecule has 0 aliphatic carbocycles. The molecule has 2 nitrogen and oxygen atoms in total. The summed E-state index contributed by atoms with van der Waals surface area (Å²) in [6.07, 6.45) is 2.82. The van der Waals surface area contributed by atoms with Gasteiger partial charge in [-0.15, -0.1) is 11.8 Å². The van der Waals surface area contributed by atoms with Crippen molar-refractivity contribution < 1.29 is 9.53 Å². The van der Waals surface area contributed by atoms with Crippen LogP contribution in [0.25, 0.3) is 0 Å². The Morgan fingerprint density at radius 1 is 1.25 bits per heavy atom. The van der Waals surface area contributed by atoms with Crippen molar-refractivity contribution in [3.05, 3.63) is 58.1 Å². The first-order valence-corrected chi connectivity index (χ1v) is 7.93. The molecule has 0 saturated carbocycles. The Bertz CT molecular complexity index is 665. The average Bonchev–Trinajstić information content (AvgIpc) is 2.94. The third-order valence-electron chi connectivity index (χ3n) is 3.35. The van der Waals surface area contributed by atoms with Crippen LogP contribution >= 0.6 is 23.4 Å². The Morgan fingerprint density at radius 2 is 2.00 bits per heavy atom. The number of hydrogen-bond donors (Lipinski definition) is 0. The number of benzene rings is 2. The summed E-state index contributed by atoms with van der Waals surface area (Å²) in [7, 11) is 0. The van der Waals surface area contributed by atoms with Crippen LogP contribution < -0.4 is 4.74 Å². The van der Waals surface area contributed by atoms with Crippen LogP contribution in [0.2, 0.25) is 5.02 Å². The molecule has 0 saturated heterocycles. The van der Waals surface area contributed by atoms with E-state index in [1.807, 2.05) is 36.6 Å². The summed E-state index contributed by atoms with van der Waals surface area (Å²) >= 11 is 7.75. The van der Waals surface area contributed by atoms with Crippen LogP contribution in [-0.2, 0) is 6.42 Å². The van der Waals surface area contributed by atoms with E-state index in [1.165, 1.54) is 0 Å². The highest BCUT2D eigenvalue weighted by Gasteiger charge is 2.22. The van der Waals surface area contributed by atoms with E-state index in [-0.39, 0.29) is 5.78 Å². The third-order valence-corrected chi connectivity index (χ3v) is 4.31. The lowest BCUT2D eigenvalue weighted by molar-refractivity contribution is 0.103. The zero-order valence-corrected chi connectivity index (χ0v) is 12.6. The molecule has 20 heavy (non-hydrogen) atoms. The minimum absolute atomic E-state index is 0.0432. The van der Waals surface area contributed by atoms with Gasteiger partial charge in [0.25, 0.3) is 0 Å². The Kier molecular flexibility index (Phi) is 3.72. The van der Waals surface area contributed by atoms with Crippen LogP contribution in [0.3, 0.4) is 0 Å². The number of hydrogen-bond acceptors (Lipinski definition) is 3. The molecule has 0 aromatic heterocycles. The van der Waals surface area contributed by atoms with Crippen LogP contribution in [0.5, 0.6) is 5.75 Å². The lowest BCUT2D eigenvalue weighted by atomic mass is 10.00. The van der Waals surface area contributed by atoms with Gasteiger partial charge in [-0.2, -0.15) is 0 Å². The molecule has 2 aromatic rings. The maximum absolute atomic E-state index is 12.6. The zero-order valence-electron chi connectivity index (χ0n) is 11.0. The maximum atomic E-state index is 12.6. The number of ether oxygens (including phenoxy) is 1. The number of rotatable bonds is 3. The highest BCUT2D eigenvalue weighted by Crippen LogP contribution is 2.34. The largest absolute Gasteiger partial charge is 0.492 e. The molecule has 0 N–H and O–H groups in total. The fourth-order valence-corrected chi connectivity index (χ4v) is 2.98. The monoisotopic (exact) mass is 304 g/mol. The number of fused-ring (bicyclic) bond motifs is 1. The van der Waals surface area contributed by atoms with Crippen LogP contribution in [0.4, 0.5) is 0 Å². The minimum Gasteiger partial charge on any atom is -0.492 e. The molecule has 1 heterocycles. The molecule has 0 fully saturated rings. The van der Waals surface area contributed by atoms with E-state index < -0.39 is 0 Å². The van der Waals surface area contributed by atoms with Crippen LogP contribution in [0, 0.1) is 0 Å². The number of carbonyl (C=O) groups excluding carboxylic acids is 1. The Labute approximate surface area is 127 Å². The smallest absolute Gasteiger partial charge is 0.196 e. The Balaban J connectivity index is 2.02. The molecule has 2 aromatic carbocycles. The standard InChI is InChI=1S/C16H13ClO2S/c1-20-13-4-2-10(3-5-13)15(18)14-9-12(17)8-11-6-7-19-16(11)14/h2-5,8-9H,6-7H2,1H3. The third kappa shape index (κ3) is 2.43. The number of carbonyl (C=O) groups is 1. The minimum atomic E-state index is -0.0432. The summed E-state index contributed by atoms with van der Waals surface area (Å²) in [5.41, 5.74) is 2.23. The van der Waals surface area contributed by atoms with E-state index in [0.717, 1.165) is 16.9 Å². The van der Waals surface area contributed by atoms with Gasteiger partial charge >= 0.3 is 0 Å². The van der Waals surface area contributed by atoms with Crippen LogP contribution in [-0.4, -0.2) is 18.6 Å². The van der Waals surface area contributed by atoms with Gasteiger partial charge in [0.1, 0.15) is 5.75 Å². The quantitative estimate of drug-likeness (QED) is 0.627. The van der Waals surface area contributed by atoms with Crippen molar-refractivity contribution in [3.63, 3.8) is 0 Å². The van der Waals surface area contributed by atoms with Gasteiger partial charge < -0.3 is 4.74 Å². The van der Waals surface area contributed by atoms with Gasteiger partial charge in [0.2, 0.25) is 0 Å². The van der Waals surface area contributed by atoms with Crippen molar-refractivity contribution in [3.8, 4) is 5.75 Å². The summed E-state index contributed by atoms with van der Waals surface area (Å²) in [4.78, 5) is 13.7. The average molecular weight is 305 g/mol. The molecule has 0 bridgehead atoms. The van der Waals surface area contributed by atoms with Crippen molar-refractivity contribution in [2.75, 3.05) is 12.9 Å². The molecule has 102 valence electrons. The van der Waals surface area contributed by atoms with Crippen LogP contribution in [0.1, 0.15) is 21.5 Å². The fraction of sp³-hybridized carbons (Fsp3) is 0.188. The lowest BCUT2D eigenvalue weighted by Crippen LogP contribution is -2.04. The van der Waals surface area contributed by atoms with Gasteiger partial charge in [-0.3, -0.25) is 4.79 Å². The second-order valence-corrected chi connectivity index (χ2v) is 5.91. The van der Waals surface area contributed by atoms with Gasteiger partial charge in [-0.1, -0.05) is 11.6 Å². The SMILES string of the molecule is CSc1ccc(C(=O)c2cc(Cl)cc3c2OCC3)cc1. The number of halogens is 1. The van der Waals surface area contributed by atoms with Crippen molar-refractivity contribution in [1.29, 1.82) is 0 Å². The van der Waals surface area contributed by atoms with Crippen molar-refractivity contribution in [2.45, 2.75) is 11.3 Å². The summed E-state index contributed by atoms with van der Waals surface area (Å²) in [5, 5.41) is 0.582. The molecule has 0 spiro atoms. The predicted molar refractivity (Wildman–Crippen MR) is 82.3 cm³/mol. The van der Waals surface area contributed by atoms with Gasteiger partial charge in [0, 0.05) is 21.9 Å². The highest BCUT2D eigenvalue weighted by atomic mass is 35.5. The second kappa shape index (κ2) is 5.51. The molecular weight excluding hydrogens is 292 g/mol. The topological polar surface area (TPSA) is 26.3 Å². The molecule has 0 radical (unpaired) electrons. The highest BCUT2D eigenvalue weighted by molar-refractivity contribution is 7.98. The molecule has 3 rings (SSSR count). The normalized spacial score (nSPS) is 12.9. The summed E-state index contributed by atoms with van der Waals surface area (Å²) in [5.74, 6) is 0.645. The van der Waals surface area contributed by atoms with Crippen molar-refractivity contribution in [2.24, 2.45) is 0 Å². The van der Waals surface area contributed by atoms with E-state index in [2.05, 4.69) is 0 Å². The van der Waals surface area contributed by atoms with Gasteiger partial charge in [0.05, 0.1) is 12.2 Å². The molecule has 1 aliphatic rings. The zero-order chi connectivity index (χ0) is 14.1.